The molecule has 224 valence electrons. The third kappa shape index (κ3) is 4.97. The Kier molecular flexibility index (Phi) is 7.86. The zero-order valence-electron chi connectivity index (χ0n) is 23.4. The van der Waals surface area contributed by atoms with Crippen LogP contribution in [0, 0.1) is 30.2 Å². The first-order chi connectivity index (χ1) is 20.4. The van der Waals surface area contributed by atoms with Crippen molar-refractivity contribution in [2.75, 3.05) is 36.8 Å². The van der Waals surface area contributed by atoms with Crippen molar-refractivity contribution in [3.05, 3.63) is 81.0 Å². The minimum absolute atomic E-state index is 0.0643. The number of hydrogen-bond acceptors (Lipinski definition) is 7. The standard InChI is InChI=1S/C29H26ClF4N7O2/c1-5-17(42)39-8-10-40(11-9-39)27-15-12-16(31)25(18-19(30)21(33)22(34)23(35)20(18)32)37-28(15)41(29(43)38-27)26-14(4)6-7-36-24(26)13(2)3/h5-7,12-13H,1,8-11,35H2,2-4H3. The fourth-order valence-electron chi connectivity index (χ4n) is 5.14. The van der Waals surface area contributed by atoms with Gasteiger partial charge in [-0.3, -0.25) is 9.78 Å². The summed E-state index contributed by atoms with van der Waals surface area (Å²) >= 11 is 5.96. The molecule has 0 bridgehead atoms. The van der Waals surface area contributed by atoms with Gasteiger partial charge in [-0.1, -0.05) is 32.0 Å². The van der Waals surface area contributed by atoms with Gasteiger partial charge in [0.15, 0.2) is 28.9 Å². The number of halogens is 5. The van der Waals surface area contributed by atoms with Crippen LogP contribution < -0.4 is 16.3 Å². The molecule has 1 amide bonds. The van der Waals surface area contributed by atoms with Crippen LogP contribution in [0.5, 0.6) is 0 Å². The summed E-state index contributed by atoms with van der Waals surface area (Å²) in [6.07, 6.45) is 2.77. The minimum atomic E-state index is -1.72. The fourth-order valence-corrected chi connectivity index (χ4v) is 5.39. The third-order valence-corrected chi connectivity index (χ3v) is 7.68. The molecule has 4 aromatic rings. The summed E-state index contributed by atoms with van der Waals surface area (Å²) in [4.78, 5) is 42.2. The number of hydrogen-bond donors (Lipinski definition) is 1. The molecule has 43 heavy (non-hydrogen) atoms. The number of nitrogen functional groups attached to an aromatic ring is 1. The van der Waals surface area contributed by atoms with Crippen LogP contribution in [0.3, 0.4) is 0 Å². The molecular weight excluding hydrogens is 590 g/mol. The Bertz CT molecular complexity index is 1840. The smallest absolute Gasteiger partial charge is 0.355 e. The van der Waals surface area contributed by atoms with E-state index in [2.05, 4.69) is 21.5 Å². The number of fused-ring (bicyclic) bond motifs is 1. The van der Waals surface area contributed by atoms with E-state index < -0.39 is 50.9 Å². The summed E-state index contributed by atoms with van der Waals surface area (Å²) in [5.74, 6) is -6.43. The van der Waals surface area contributed by atoms with E-state index in [9.17, 15) is 18.4 Å². The lowest BCUT2D eigenvalue weighted by Crippen LogP contribution is -2.49. The molecule has 5 rings (SSSR count). The molecule has 1 aromatic carbocycles. The Morgan fingerprint density at radius 3 is 2.40 bits per heavy atom. The monoisotopic (exact) mass is 615 g/mol. The molecular formula is C29H26ClF4N7O2. The van der Waals surface area contributed by atoms with E-state index in [-0.39, 0.29) is 54.9 Å². The number of carbonyl (C=O) groups is 1. The number of pyridine rings is 2. The number of benzene rings is 1. The highest BCUT2D eigenvalue weighted by Gasteiger charge is 2.30. The first-order valence-electron chi connectivity index (χ1n) is 13.2. The lowest BCUT2D eigenvalue weighted by molar-refractivity contribution is -0.126. The zero-order valence-corrected chi connectivity index (χ0v) is 24.1. The first kappa shape index (κ1) is 30.0. The van der Waals surface area contributed by atoms with Crippen LogP contribution in [0.1, 0.15) is 31.0 Å². The van der Waals surface area contributed by atoms with Gasteiger partial charge in [-0.15, -0.1) is 0 Å². The minimum Gasteiger partial charge on any atom is -0.394 e. The number of aryl methyl sites for hydroxylation is 1. The summed E-state index contributed by atoms with van der Waals surface area (Å²) in [5, 5.41) is -1.00. The van der Waals surface area contributed by atoms with E-state index in [0.717, 1.165) is 10.6 Å². The summed E-state index contributed by atoms with van der Waals surface area (Å²) in [6.45, 7) is 10.0. The highest BCUT2D eigenvalue weighted by Crippen LogP contribution is 2.40. The van der Waals surface area contributed by atoms with E-state index in [1.54, 1.807) is 29.0 Å². The van der Waals surface area contributed by atoms with Crippen molar-refractivity contribution >= 4 is 40.0 Å². The van der Waals surface area contributed by atoms with E-state index in [0.29, 0.717) is 16.9 Å². The number of amides is 1. The van der Waals surface area contributed by atoms with E-state index in [1.807, 2.05) is 13.8 Å². The number of nitrogens with two attached hydrogens (primary N) is 1. The van der Waals surface area contributed by atoms with Crippen molar-refractivity contribution in [3.8, 4) is 16.9 Å². The molecule has 9 nitrogen and oxygen atoms in total. The quantitative estimate of drug-likeness (QED) is 0.112. The molecule has 3 aromatic heterocycles. The Hall–Kier alpha value is -4.52. The summed E-state index contributed by atoms with van der Waals surface area (Å²) in [6, 6.07) is 2.64. The van der Waals surface area contributed by atoms with Gasteiger partial charge in [0.2, 0.25) is 5.91 Å². The molecule has 14 heteroatoms. The van der Waals surface area contributed by atoms with Gasteiger partial charge in [0.05, 0.1) is 27.4 Å². The van der Waals surface area contributed by atoms with Crippen molar-refractivity contribution in [1.82, 2.24) is 24.4 Å². The molecule has 1 aliphatic rings. The number of aromatic nitrogens is 4. The summed E-state index contributed by atoms with van der Waals surface area (Å²) in [5.41, 5.74) is 3.01. The van der Waals surface area contributed by atoms with Crippen LogP contribution in [0.25, 0.3) is 28.0 Å². The Morgan fingerprint density at radius 1 is 1.09 bits per heavy atom. The van der Waals surface area contributed by atoms with E-state index in [4.69, 9.17) is 17.3 Å². The lowest BCUT2D eigenvalue weighted by Gasteiger charge is -2.35. The van der Waals surface area contributed by atoms with Crippen molar-refractivity contribution in [2.24, 2.45) is 0 Å². The molecule has 1 fully saturated rings. The van der Waals surface area contributed by atoms with Crippen LogP contribution in [0.2, 0.25) is 5.02 Å². The number of carbonyl (C=O) groups excluding carboxylic acids is 1. The highest BCUT2D eigenvalue weighted by atomic mass is 35.5. The number of rotatable bonds is 5. The largest absolute Gasteiger partial charge is 0.394 e. The van der Waals surface area contributed by atoms with E-state index >= 15 is 8.78 Å². The van der Waals surface area contributed by atoms with Crippen LogP contribution >= 0.6 is 11.6 Å². The molecule has 0 aliphatic carbocycles. The van der Waals surface area contributed by atoms with Crippen LogP contribution in [-0.2, 0) is 4.79 Å². The van der Waals surface area contributed by atoms with Gasteiger partial charge in [0, 0.05) is 32.4 Å². The molecule has 2 N–H and O–H groups in total. The van der Waals surface area contributed by atoms with Gasteiger partial charge in [0.1, 0.15) is 17.2 Å². The van der Waals surface area contributed by atoms with Crippen LogP contribution in [0.4, 0.5) is 29.1 Å². The average molecular weight is 616 g/mol. The number of piperazine rings is 1. The molecule has 0 atom stereocenters. The third-order valence-electron chi connectivity index (χ3n) is 7.33. The van der Waals surface area contributed by atoms with Gasteiger partial charge in [-0.05, 0) is 36.6 Å². The average Bonchev–Trinajstić information content (AvgIpc) is 2.99. The van der Waals surface area contributed by atoms with E-state index in [1.165, 1.54) is 6.08 Å². The van der Waals surface area contributed by atoms with Crippen molar-refractivity contribution in [1.29, 1.82) is 0 Å². The van der Waals surface area contributed by atoms with Crippen molar-refractivity contribution in [3.63, 3.8) is 0 Å². The maximum absolute atomic E-state index is 15.9. The Balaban J connectivity index is 1.85. The molecule has 4 heterocycles. The van der Waals surface area contributed by atoms with Gasteiger partial charge in [-0.2, -0.15) is 4.98 Å². The van der Waals surface area contributed by atoms with Gasteiger partial charge < -0.3 is 15.5 Å². The normalized spacial score (nSPS) is 13.7. The number of anilines is 2. The predicted octanol–water partition coefficient (Wildman–Crippen LogP) is 4.90. The highest BCUT2D eigenvalue weighted by molar-refractivity contribution is 6.33. The summed E-state index contributed by atoms with van der Waals surface area (Å²) < 4.78 is 60.9. The molecule has 1 saturated heterocycles. The SMILES string of the molecule is C=CC(=O)N1CCN(c2nc(=O)n(-c3c(C)ccnc3C(C)C)c3nc(-c4c(F)c(N)c(F)c(F)c4Cl)c(F)cc23)CC1. The van der Waals surface area contributed by atoms with Gasteiger partial charge in [0.25, 0.3) is 0 Å². The molecule has 0 spiro atoms. The predicted molar refractivity (Wildman–Crippen MR) is 155 cm³/mol. The van der Waals surface area contributed by atoms with Gasteiger partial charge in [-0.25, -0.2) is 31.9 Å². The summed E-state index contributed by atoms with van der Waals surface area (Å²) in [7, 11) is 0. The lowest BCUT2D eigenvalue weighted by atomic mass is 10.0. The number of nitrogens with zero attached hydrogens (tertiary/aromatic N) is 6. The Morgan fingerprint density at radius 2 is 1.77 bits per heavy atom. The second kappa shape index (κ2) is 11.3. The zero-order chi connectivity index (χ0) is 31.3. The van der Waals surface area contributed by atoms with Crippen molar-refractivity contribution < 1.29 is 22.4 Å². The Labute approximate surface area is 248 Å². The molecule has 0 unspecified atom stereocenters. The van der Waals surface area contributed by atoms with Crippen molar-refractivity contribution in [2.45, 2.75) is 26.7 Å². The second-order valence-electron chi connectivity index (χ2n) is 10.3. The second-order valence-corrected chi connectivity index (χ2v) is 10.7. The van der Waals surface area contributed by atoms with Crippen LogP contribution in [-0.4, -0.2) is 56.5 Å². The van der Waals surface area contributed by atoms with Crippen LogP contribution in [0.15, 0.2) is 35.8 Å². The molecule has 0 radical (unpaired) electrons. The topological polar surface area (TPSA) is 110 Å². The first-order valence-corrected chi connectivity index (χ1v) is 13.6. The molecule has 0 saturated carbocycles. The van der Waals surface area contributed by atoms with Gasteiger partial charge >= 0.3 is 5.69 Å². The maximum Gasteiger partial charge on any atom is 0.355 e. The maximum atomic E-state index is 15.9. The molecule has 1 aliphatic heterocycles. The fraction of sp³-hybridized carbons (Fsp3) is 0.276.